The van der Waals surface area contributed by atoms with Crippen LogP contribution in [-0.2, 0) is 0 Å². The molecule has 0 saturated carbocycles. The summed E-state index contributed by atoms with van der Waals surface area (Å²) in [7, 11) is 0. The Bertz CT molecular complexity index is 116. The lowest BCUT2D eigenvalue weighted by atomic mass is 10.4. The quantitative estimate of drug-likeness (QED) is 0.484. The molecule has 1 heterocycles. The van der Waals surface area contributed by atoms with Gasteiger partial charge in [0.1, 0.15) is 0 Å². The zero-order valence-corrected chi connectivity index (χ0v) is 4.96. The summed E-state index contributed by atoms with van der Waals surface area (Å²) in [6, 6.07) is 0.397. The van der Waals surface area contributed by atoms with Crippen molar-refractivity contribution in [1.29, 1.82) is 0 Å². The highest BCUT2D eigenvalue weighted by Crippen LogP contribution is 1.83. The monoisotopic (exact) mass is 110 g/mol. The third kappa shape index (κ3) is 1.37. The summed E-state index contributed by atoms with van der Waals surface area (Å²) in [4.78, 5) is 4.08. The molecule has 1 N–H and O–H groups in total. The summed E-state index contributed by atoms with van der Waals surface area (Å²) in [5.41, 5.74) is 0. The molecule has 0 aromatic rings. The third-order valence-electron chi connectivity index (χ3n) is 1.02. The Morgan fingerprint density at radius 3 is 3.50 bits per heavy atom. The Kier molecular flexibility index (Phi) is 1.67. The first-order chi connectivity index (χ1) is 3.89. The lowest BCUT2D eigenvalue weighted by Crippen LogP contribution is -2.20. The summed E-state index contributed by atoms with van der Waals surface area (Å²) in [6.07, 6.45) is 5.86. The first-order valence-electron chi connectivity index (χ1n) is 2.80. The van der Waals surface area contributed by atoms with E-state index in [9.17, 15) is 0 Å². The molecule has 2 heteroatoms. The van der Waals surface area contributed by atoms with Crippen LogP contribution < -0.4 is 5.32 Å². The first-order valence-corrected chi connectivity index (χ1v) is 2.80. The van der Waals surface area contributed by atoms with Gasteiger partial charge in [-0.25, -0.2) is 0 Å². The van der Waals surface area contributed by atoms with Crippen LogP contribution in [0.3, 0.4) is 0 Å². The molecular formula is C6H10N2. The van der Waals surface area contributed by atoms with Gasteiger partial charge in [0, 0.05) is 6.21 Å². The van der Waals surface area contributed by atoms with Gasteiger partial charge in [-0.15, -0.1) is 0 Å². The fourth-order valence-corrected chi connectivity index (χ4v) is 0.595. The Hall–Kier alpha value is -0.790. The summed E-state index contributed by atoms with van der Waals surface area (Å²) < 4.78 is 0. The number of aliphatic imine (C=N–C) groups is 1. The zero-order chi connectivity index (χ0) is 5.82. The summed E-state index contributed by atoms with van der Waals surface area (Å²) in [6.45, 7) is 2.89. The van der Waals surface area contributed by atoms with Gasteiger partial charge in [-0.3, -0.25) is 4.99 Å². The van der Waals surface area contributed by atoms with Crippen LogP contribution in [0.5, 0.6) is 0 Å². The van der Waals surface area contributed by atoms with Crippen molar-refractivity contribution in [2.24, 2.45) is 4.99 Å². The number of rotatable bonds is 0. The summed E-state index contributed by atoms with van der Waals surface area (Å²) >= 11 is 0. The maximum absolute atomic E-state index is 4.08. The molecule has 0 aromatic carbocycles. The molecule has 1 rings (SSSR count). The largest absolute Gasteiger partial charge is 0.384 e. The van der Waals surface area contributed by atoms with Crippen molar-refractivity contribution < 1.29 is 0 Å². The average molecular weight is 110 g/mol. The van der Waals surface area contributed by atoms with Crippen LogP contribution in [-0.4, -0.2) is 18.8 Å². The third-order valence-corrected chi connectivity index (χ3v) is 1.02. The summed E-state index contributed by atoms with van der Waals surface area (Å²) in [5, 5.41) is 3.11. The molecule has 0 amide bonds. The zero-order valence-electron chi connectivity index (χ0n) is 4.96. The van der Waals surface area contributed by atoms with E-state index in [2.05, 4.69) is 17.2 Å². The molecule has 0 bridgehead atoms. The van der Waals surface area contributed by atoms with E-state index >= 15 is 0 Å². The second-order valence-electron chi connectivity index (χ2n) is 1.87. The van der Waals surface area contributed by atoms with Crippen molar-refractivity contribution in [1.82, 2.24) is 5.32 Å². The molecule has 44 valence electrons. The van der Waals surface area contributed by atoms with Crippen molar-refractivity contribution in [3.63, 3.8) is 0 Å². The highest BCUT2D eigenvalue weighted by Gasteiger charge is 1.91. The van der Waals surface area contributed by atoms with Gasteiger partial charge in [0.05, 0.1) is 12.6 Å². The minimum atomic E-state index is 0.397. The van der Waals surface area contributed by atoms with Crippen molar-refractivity contribution in [2.75, 3.05) is 6.54 Å². The predicted octanol–water partition coefficient (Wildman–Crippen LogP) is 0.563. The minimum absolute atomic E-state index is 0.397. The molecule has 0 aromatic heterocycles. The molecule has 8 heavy (non-hydrogen) atoms. The van der Waals surface area contributed by atoms with Crippen LogP contribution in [0.2, 0.25) is 0 Å². The van der Waals surface area contributed by atoms with E-state index in [1.165, 1.54) is 0 Å². The number of hydrogen-bond donors (Lipinski definition) is 1. The van der Waals surface area contributed by atoms with Gasteiger partial charge in [0.25, 0.3) is 0 Å². The van der Waals surface area contributed by atoms with Crippen LogP contribution in [0, 0.1) is 0 Å². The van der Waals surface area contributed by atoms with Crippen molar-refractivity contribution in [2.45, 2.75) is 13.0 Å². The first kappa shape index (κ1) is 5.35. The minimum Gasteiger partial charge on any atom is -0.384 e. The molecule has 1 aliphatic rings. The van der Waals surface area contributed by atoms with Gasteiger partial charge < -0.3 is 5.32 Å². The number of nitrogens with zero attached hydrogens (tertiary/aromatic N) is 1. The molecule has 2 nitrogen and oxygen atoms in total. The van der Waals surface area contributed by atoms with Crippen LogP contribution in [0.4, 0.5) is 0 Å². The fraction of sp³-hybridized carbons (Fsp3) is 0.500. The van der Waals surface area contributed by atoms with Crippen LogP contribution in [0.15, 0.2) is 17.3 Å². The summed E-state index contributed by atoms with van der Waals surface area (Å²) in [5.74, 6) is 0. The number of nitrogens with one attached hydrogen (secondary N) is 1. The van der Waals surface area contributed by atoms with Gasteiger partial charge in [0.15, 0.2) is 0 Å². The van der Waals surface area contributed by atoms with E-state index in [-0.39, 0.29) is 0 Å². The van der Waals surface area contributed by atoms with Crippen LogP contribution >= 0.6 is 0 Å². The molecule has 0 aliphatic carbocycles. The Morgan fingerprint density at radius 2 is 2.62 bits per heavy atom. The topological polar surface area (TPSA) is 24.4 Å². The Balaban J connectivity index is 2.48. The van der Waals surface area contributed by atoms with Crippen molar-refractivity contribution >= 4 is 6.21 Å². The van der Waals surface area contributed by atoms with Gasteiger partial charge in [-0.2, -0.15) is 0 Å². The van der Waals surface area contributed by atoms with Gasteiger partial charge in [-0.05, 0) is 19.2 Å². The smallest absolute Gasteiger partial charge is 0.0584 e. The normalized spacial score (nSPS) is 26.9. The van der Waals surface area contributed by atoms with Gasteiger partial charge >= 0.3 is 0 Å². The molecule has 0 saturated heterocycles. The van der Waals surface area contributed by atoms with Crippen molar-refractivity contribution in [3.05, 3.63) is 12.3 Å². The average Bonchev–Trinajstić information content (AvgIpc) is 1.94. The predicted molar refractivity (Wildman–Crippen MR) is 35.1 cm³/mol. The van der Waals surface area contributed by atoms with E-state index < -0.39 is 0 Å². The molecule has 0 fully saturated rings. The van der Waals surface area contributed by atoms with E-state index in [0.29, 0.717) is 6.04 Å². The molecule has 0 spiro atoms. The van der Waals surface area contributed by atoms with E-state index in [0.717, 1.165) is 6.54 Å². The second kappa shape index (κ2) is 2.50. The molecule has 0 radical (unpaired) electrons. The standard InChI is InChI=1S/C6H10N2/c1-6-5-7-3-2-4-8-6/h2,4-6,8H,3H2,1H3. The molecule has 1 atom stereocenters. The van der Waals surface area contributed by atoms with E-state index in [4.69, 9.17) is 0 Å². The van der Waals surface area contributed by atoms with Gasteiger partial charge in [0.2, 0.25) is 0 Å². The maximum Gasteiger partial charge on any atom is 0.0584 e. The molecule has 1 aliphatic heterocycles. The SMILES string of the molecule is CC1C=NCC=CN1. The lowest BCUT2D eigenvalue weighted by Gasteiger charge is -2.00. The van der Waals surface area contributed by atoms with Crippen LogP contribution in [0.1, 0.15) is 6.92 Å². The van der Waals surface area contributed by atoms with E-state index in [1.54, 1.807) is 0 Å². The van der Waals surface area contributed by atoms with Crippen LogP contribution in [0.25, 0.3) is 0 Å². The fourth-order valence-electron chi connectivity index (χ4n) is 0.595. The highest BCUT2D eigenvalue weighted by atomic mass is 14.9. The van der Waals surface area contributed by atoms with E-state index in [1.807, 2.05) is 18.5 Å². The highest BCUT2D eigenvalue weighted by molar-refractivity contribution is 5.64. The van der Waals surface area contributed by atoms with Crippen molar-refractivity contribution in [3.8, 4) is 0 Å². The molecule has 1 unspecified atom stereocenters. The second-order valence-corrected chi connectivity index (χ2v) is 1.87. The maximum atomic E-state index is 4.08. The number of hydrogen-bond acceptors (Lipinski definition) is 2. The lowest BCUT2D eigenvalue weighted by molar-refractivity contribution is 0.825. The Labute approximate surface area is 49.3 Å². The van der Waals surface area contributed by atoms with Gasteiger partial charge in [-0.1, -0.05) is 0 Å². The molecular weight excluding hydrogens is 100 g/mol. The Morgan fingerprint density at radius 1 is 1.75 bits per heavy atom.